The van der Waals surface area contributed by atoms with Gasteiger partial charge in [0, 0.05) is 6.42 Å². The second-order valence-corrected chi connectivity index (χ2v) is 9.14. The van der Waals surface area contributed by atoms with Crippen molar-refractivity contribution in [2.24, 2.45) is 0 Å². The van der Waals surface area contributed by atoms with E-state index in [4.69, 9.17) is 14.5 Å². The number of ether oxygens (including phenoxy) is 1. The molecule has 3 unspecified atom stereocenters. The highest BCUT2D eigenvalue weighted by Gasteiger charge is 2.55. The Morgan fingerprint density at radius 2 is 1.73 bits per heavy atom. The highest BCUT2D eigenvalue weighted by atomic mass is 17.2. The summed E-state index contributed by atoms with van der Waals surface area (Å²) in [7, 11) is 0. The summed E-state index contributed by atoms with van der Waals surface area (Å²) in [5.74, 6) is -0.183. The van der Waals surface area contributed by atoms with E-state index < -0.39 is 5.60 Å². The third kappa shape index (κ3) is 6.82. The fourth-order valence-corrected chi connectivity index (χ4v) is 4.47. The number of carbonyl (C=O) groups is 1. The van der Waals surface area contributed by atoms with E-state index in [9.17, 15) is 4.79 Å². The van der Waals surface area contributed by atoms with E-state index in [0.717, 1.165) is 19.3 Å². The average molecular weight is 413 g/mol. The molecule has 0 spiro atoms. The summed E-state index contributed by atoms with van der Waals surface area (Å²) in [6, 6.07) is 10.4. The van der Waals surface area contributed by atoms with Gasteiger partial charge < -0.3 is 4.74 Å². The van der Waals surface area contributed by atoms with Crippen LogP contribution in [-0.4, -0.2) is 23.3 Å². The fourth-order valence-electron chi connectivity index (χ4n) is 4.47. The van der Waals surface area contributed by atoms with Gasteiger partial charge in [0.05, 0.1) is 6.42 Å². The number of unbranched alkanes of at least 4 members (excludes halogenated alkanes) is 6. The summed E-state index contributed by atoms with van der Waals surface area (Å²) in [6.07, 6.45) is 18.8. The number of esters is 1. The van der Waals surface area contributed by atoms with Crippen LogP contribution in [0.15, 0.2) is 48.6 Å². The van der Waals surface area contributed by atoms with E-state index in [0.29, 0.717) is 12.8 Å². The molecule has 4 heteroatoms. The molecule has 4 nitrogen and oxygen atoms in total. The monoisotopic (exact) mass is 412 g/mol. The minimum absolute atomic E-state index is 0.183. The van der Waals surface area contributed by atoms with Gasteiger partial charge in [-0.3, -0.25) is 4.79 Å². The Hall–Kier alpha value is -1.91. The molecule has 0 bridgehead atoms. The van der Waals surface area contributed by atoms with Crippen molar-refractivity contribution < 1.29 is 19.3 Å². The number of fused-ring (bicyclic) bond motifs is 1. The number of hydrogen-bond acceptors (Lipinski definition) is 4. The molecule has 3 atom stereocenters. The second-order valence-electron chi connectivity index (χ2n) is 9.14. The Morgan fingerprint density at radius 3 is 2.53 bits per heavy atom. The first-order valence-corrected chi connectivity index (χ1v) is 11.4. The van der Waals surface area contributed by atoms with E-state index in [1.54, 1.807) is 0 Å². The largest absolute Gasteiger partial charge is 0.456 e. The summed E-state index contributed by atoms with van der Waals surface area (Å²) in [6.45, 7) is 4.04. The minimum Gasteiger partial charge on any atom is -0.456 e. The Balaban J connectivity index is 1.20. The van der Waals surface area contributed by atoms with Crippen LogP contribution in [0.3, 0.4) is 0 Å². The molecule has 0 amide bonds. The summed E-state index contributed by atoms with van der Waals surface area (Å²) in [5, 5.41) is 0. The summed E-state index contributed by atoms with van der Waals surface area (Å²) >= 11 is 0. The second kappa shape index (κ2) is 10.9. The Kier molecular flexibility index (Phi) is 8.29. The van der Waals surface area contributed by atoms with Gasteiger partial charge in [-0.1, -0.05) is 86.7 Å². The first kappa shape index (κ1) is 22.8. The van der Waals surface area contributed by atoms with Crippen molar-refractivity contribution in [2.75, 3.05) is 0 Å². The molecule has 164 valence electrons. The van der Waals surface area contributed by atoms with Gasteiger partial charge >= 0.3 is 5.97 Å². The molecule has 1 aromatic carbocycles. The zero-order chi connectivity index (χ0) is 21.3. The molecule has 2 saturated heterocycles. The smallest absolute Gasteiger partial charge is 0.309 e. The fraction of sp³-hybridized carbons (Fsp3) is 0.577. The number of benzene rings is 1. The van der Waals surface area contributed by atoms with Gasteiger partial charge in [0.2, 0.25) is 0 Å². The van der Waals surface area contributed by atoms with Gasteiger partial charge in [-0.05, 0) is 38.7 Å². The molecule has 30 heavy (non-hydrogen) atoms. The van der Waals surface area contributed by atoms with Crippen molar-refractivity contribution in [2.45, 2.75) is 95.4 Å². The van der Waals surface area contributed by atoms with E-state index in [-0.39, 0.29) is 17.7 Å². The Morgan fingerprint density at radius 1 is 1.00 bits per heavy atom. The van der Waals surface area contributed by atoms with E-state index in [1.807, 2.05) is 13.0 Å². The third-order valence-electron chi connectivity index (χ3n) is 6.13. The normalized spacial score (nSPS) is 28.9. The lowest BCUT2D eigenvalue weighted by Gasteiger charge is -2.43. The topological polar surface area (TPSA) is 44.8 Å². The van der Waals surface area contributed by atoms with Crippen molar-refractivity contribution in [3.05, 3.63) is 54.1 Å². The molecule has 2 aliphatic heterocycles. The summed E-state index contributed by atoms with van der Waals surface area (Å²) < 4.78 is 5.52. The van der Waals surface area contributed by atoms with Crippen LogP contribution < -0.4 is 0 Å². The lowest BCUT2D eigenvalue weighted by molar-refractivity contribution is -0.428. The van der Waals surface area contributed by atoms with Crippen molar-refractivity contribution in [1.29, 1.82) is 0 Å². The average Bonchev–Trinajstić information content (AvgIpc) is 3.02. The van der Waals surface area contributed by atoms with Crippen LogP contribution >= 0.6 is 0 Å². The molecule has 0 saturated carbocycles. The maximum atomic E-state index is 11.6. The molecular formula is C26H36O4. The van der Waals surface area contributed by atoms with Gasteiger partial charge in [0.1, 0.15) is 17.3 Å². The quantitative estimate of drug-likeness (QED) is 0.179. The number of rotatable bonds is 11. The lowest BCUT2D eigenvalue weighted by Crippen LogP contribution is -2.51. The zero-order valence-corrected chi connectivity index (χ0v) is 18.5. The zero-order valence-electron chi connectivity index (χ0n) is 18.5. The van der Waals surface area contributed by atoms with Gasteiger partial charge in [-0.2, -0.15) is 0 Å². The van der Waals surface area contributed by atoms with Crippen LogP contribution in [0.2, 0.25) is 0 Å². The predicted molar refractivity (Wildman–Crippen MR) is 120 cm³/mol. The maximum absolute atomic E-state index is 11.6. The van der Waals surface area contributed by atoms with Crippen LogP contribution in [0.5, 0.6) is 0 Å². The van der Waals surface area contributed by atoms with Gasteiger partial charge in [0.15, 0.2) is 0 Å². The summed E-state index contributed by atoms with van der Waals surface area (Å²) in [5.41, 5.74) is 0.335. The van der Waals surface area contributed by atoms with Crippen molar-refractivity contribution in [1.82, 2.24) is 0 Å². The van der Waals surface area contributed by atoms with Crippen LogP contribution in [0.1, 0.15) is 83.6 Å². The Bertz CT molecular complexity index is 726. The van der Waals surface area contributed by atoms with Crippen molar-refractivity contribution >= 4 is 12.0 Å². The molecule has 0 N–H and O–H groups in total. The van der Waals surface area contributed by atoms with Gasteiger partial charge in [-0.25, -0.2) is 9.78 Å². The molecule has 0 aromatic heterocycles. The molecule has 0 aliphatic carbocycles. The highest BCUT2D eigenvalue weighted by molar-refractivity contribution is 5.73. The van der Waals surface area contributed by atoms with E-state index in [2.05, 4.69) is 55.5 Å². The predicted octanol–water partition coefficient (Wildman–Crippen LogP) is 6.56. The highest BCUT2D eigenvalue weighted by Crippen LogP contribution is 2.44. The number of hydrogen-bond donors (Lipinski definition) is 0. The van der Waals surface area contributed by atoms with Crippen molar-refractivity contribution in [3.63, 3.8) is 0 Å². The molecule has 2 heterocycles. The molecule has 2 fully saturated rings. The first-order chi connectivity index (χ1) is 14.5. The van der Waals surface area contributed by atoms with Crippen LogP contribution in [0, 0.1) is 0 Å². The lowest BCUT2D eigenvalue weighted by atomic mass is 9.82. The van der Waals surface area contributed by atoms with Gasteiger partial charge in [-0.15, -0.1) is 0 Å². The molecular weight excluding hydrogens is 376 g/mol. The van der Waals surface area contributed by atoms with Gasteiger partial charge in [0.25, 0.3) is 0 Å². The summed E-state index contributed by atoms with van der Waals surface area (Å²) in [4.78, 5) is 22.8. The maximum Gasteiger partial charge on any atom is 0.309 e. The Labute approximate surface area is 181 Å². The van der Waals surface area contributed by atoms with Crippen molar-refractivity contribution in [3.8, 4) is 0 Å². The SMILES string of the molecule is CC1(CCCCCCCCC=CC=Cc2ccccc2)CC2(C)OC(=O)CC2OO1. The number of allylic oxidation sites excluding steroid dienone is 3. The van der Waals surface area contributed by atoms with Crippen LogP contribution in [-0.2, 0) is 19.3 Å². The van der Waals surface area contributed by atoms with E-state index >= 15 is 0 Å². The number of carbonyl (C=O) groups excluding carboxylic acids is 1. The molecule has 1 aromatic rings. The third-order valence-corrected chi connectivity index (χ3v) is 6.13. The van der Waals surface area contributed by atoms with Crippen LogP contribution in [0.25, 0.3) is 6.08 Å². The van der Waals surface area contributed by atoms with E-state index in [1.165, 1.54) is 37.7 Å². The minimum atomic E-state index is -0.534. The molecule has 3 rings (SSSR count). The standard InChI is InChI=1S/C26H36O4/c1-25(21-26(2)23(29-30-25)20-24(27)28-26)19-15-10-8-6-4-3-5-7-9-12-16-22-17-13-11-14-18-22/h7,9,11-14,16-18,23H,3-6,8,10,15,19-21H2,1-2H3. The molecule has 0 radical (unpaired) electrons. The molecule has 2 aliphatic rings. The first-order valence-electron chi connectivity index (χ1n) is 11.4. The van der Waals surface area contributed by atoms with Crippen LogP contribution in [0.4, 0.5) is 0 Å².